The van der Waals surface area contributed by atoms with Crippen LogP contribution in [0.3, 0.4) is 0 Å². The third-order valence-electron chi connectivity index (χ3n) is 4.61. The van der Waals surface area contributed by atoms with Gasteiger partial charge in [0.1, 0.15) is 6.33 Å². The molecule has 0 saturated heterocycles. The van der Waals surface area contributed by atoms with Crippen molar-refractivity contribution in [3.8, 4) is 11.5 Å². The number of hydrogen-bond donors (Lipinski definition) is 0. The quantitative estimate of drug-likeness (QED) is 0.499. The number of aromatic nitrogens is 5. The Morgan fingerprint density at radius 3 is 2.83 bits per heavy atom. The second-order valence-electron chi connectivity index (χ2n) is 7.14. The average molecular weight is 433 g/mol. The first kappa shape index (κ1) is 19.9. The molecule has 0 radical (unpaired) electrons. The van der Waals surface area contributed by atoms with Gasteiger partial charge in [-0.2, -0.15) is 0 Å². The Morgan fingerprint density at radius 2 is 2.10 bits per heavy atom. The molecule has 0 atom stereocenters. The molecule has 152 valence electrons. The van der Waals surface area contributed by atoms with Gasteiger partial charge in [-0.05, 0) is 38.8 Å². The van der Waals surface area contributed by atoms with Gasteiger partial charge in [0.15, 0.2) is 5.16 Å². The Kier molecular flexibility index (Phi) is 5.86. The van der Waals surface area contributed by atoms with Crippen LogP contribution < -0.4 is 0 Å². The summed E-state index contributed by atoms with van der Waals surface area (Å²) in [4.78, 5) is 14.7. The van der Waals surface area contributed by atoms with Crippen LogP contribution in [-0.2, 0) is 11.3 Å². The summed E-state index contributed by atoms with van der Waals surface area (Å²) in [5.41, 5.74) is 0.681. The Bertz CT molecular complexity index is 1000. The Hall–Kier alpha value is -2.39. The zero-order chi connectivity index (χ0) is 20.4. The smallest absolute Gasteiger partial charge is 0.249 e. The lowest BCUT2D eigenvalue weighted by Gasteiger charge is -2.20. The molecule has 3 aromatic rings. The van der Waals surface area contributed by atoms with Crippen molar-refractivity contribution in [2.45, 2.75) is 50.5 Å². The Morgan fingerprint density at radius 1 is 1.31 bits per heavy atom. The van der Waals surface area contributed by atoms with E-state index >= 15 is 0 Å². The van der Waals surface area contributed by atoms with E-state index in [0.29, 0.717) is 28.9 Å². The molecule has 1 saturated carbocycles. The molecule has 2 heterocycles. The van der Waals surface area contributed by atoms with Crippen LogP contribution in [0.1, 0.15) is 38.6 Å². The zero-order valence-electron chi connectivity index (χ0n) is 16.2. The van der Waals surface area contributed by atoms with Crippen molar-refractivity contribution in [2.24, 2.45) is 0 Å². The molecule has 10 heteroatoms. The van der Waals surface area contributed by atoms with E-state index in [1.54, 1.807) is 12.4 Å². The number of halogens is 1. The van der Waals surface area contributed by atoms with Crippen molar-refractivity contribution >= 4 is 29.3 Å². The number of amides is 1. The van der Waals surface area contributed by atoms with Crippen LogP contribution in [0.25, 0.3) is 11.5 Å². The summed E-state index contributed by atoms with van der Waals surface area (Å²) in [5, 5.41) is 17.5. The van der Waals surface area contributed by atoms with Crippen LogP contribution in [0.5, 0.6) is 0 Å². The van der Waals surface area contributed by atoms with E-state index in [4.69, 9.17) is 16.0 Å². The molecule has 1 amide bonds. The number of carbonyl (C=O) groups excluding carboxylic acids is 1. The molecule has 1 aliphatic rings. The first-order valence-electron chi connectivity index (χ1n) is 9.42. The molecular weight excluding hydrogens is 412 g/mol. The summed E-state index contributed by atoms with van der Waals surface area (Å²) in [6, 6.07) is 7.76. The molecule has 0 N–H and O–H groups in total. The van der Waals surface area contributed by atoms with E-state index in [9.17, 15) is 4.79 Å². The molecule has 1 fully saturated rings. The van der Waals surface area contributed by atoms with Gasteiger partial charge >= 0.3 is 0 Å². The fraction of sp³-hybridized carbons (Fsp3) is 0.421. The van der Waals surface area contributed by atoms with Crippen molar-refractivity contribution in [1.29, 1.82) is 0 Å². The third kappa shape index (κ3) is 4.62. The standard InChI is InChI=1S/C19H21ClN6O2S/c1-12(2)26-11-21-24-19(26)29-10-17(27)25(13-7-8-13)9-16-22-23-18(28-16)14-5-3-4-6-15(14)20/h3-6,11-13H,7-10H2,1-2H3. The van der Waals surface area contributed by atoms with Gasteiger partial charge in [0, 0.05) is 12.1 Å². The van der Waals surface area contributed by atoms with E-state index in [1.165, 1.54) is 11.8 Å². The van der Waals surface area contributed by atoms with E-state index in [0.717, 1.165) is 18.0 Å². The molecule has 1 aliphatic carbocycles. The minimum atomic E-state index is 0.0216. The van der Waals surface area contributed by atoms with Crippen molar-refractivity contribution in [3.63, 3.8) is 0 Å². The second kappa shape index (κ2) is 8.54. The highest BCUT2D eigenvalue weighted by Crippen LogP contribution is 2.31. The summed E-state index contributed by atoms with van der Waals surface area (Å²) < 4.78 is 7.73. The lowest BCUT2D eigenvalue weighted by molar-refractivity contribution is -0.129. The fourth-order valence-corrected chi connectivity index (χ4v) is 4.06. The molecule has 0 spiro atoms. The van der Waals surface area contributed by atoms with Crippen LogP contribution in [0.2, 0.25) is 5.02 Å². The SMILES string of the molecule is CC(C)n1cnnc1SCC(=O)N(Cc1nnc(-c2ccccc2Cl)o1)C1CC1. The van der Waals surface area contributed by atoms with Crippen LogP contribution in [0.4, 0.5) is 0 Å². The fourth-order valence-electron chi connectivity index (χ4n) is 2.91. The highest BCUT2D eigenvalue weighted by atomic mass is 35.5. The van der Waals surface area contributed by atoms with Crippen molar-refractivity contribution in [3.05, 3.63) is 41.5 Å². The van der Waals surface area contributed by atoms with Crippen LogP contribution in [-0.4, -0.2) is 47.6 Å². The maximum atomic E-state index is 12.9. The third-order valence-corrected chi connectivity index (χ3v) is 5.88. The molecule has 4 rings (SSSR count). The first-order valence-corrected chi connectivity index (χ1v) is 10.8. The summed E-state index contributed by atoms with van der Waals surface area (Å²) in [7, 11) is 0. The van der Waals surface area contributed by atoms with E-state index in [1.807, 2.05) is 27.7 Å². The first-order chi connectivity index (χ1) is 14.0. The Labute approximate surface area is 177 Å². The molecule has 2 aromatic heterocycles. The number of thioether (sulfide) groups is 1. The minimum absolute atomic E-state index is 0.0216. The van der Waals surface area contributed by atoms with Crippen molar-refractivity contribution in [1.82, 2.24) is 29.9 Å². The predicted molar refractivity (Wildman–Crippen MR) is 109 cm³/mol. The molecular formula is C19H21ClN6O2S. The van der Waals surface area contributed by atoms with Crippen LogP contribution >= 0.6 is 23.4 Å². The summed E-state index contributed by atoms with van der Waals surface area (Å²) in [6.45, 7) is 4.40. The summed E-state index contributed by atoms with van der Waals surface area (Å²) in [6.07, 6.45) is 3.67. The largest absolute Gasteiger partial charge is 0.419 e. The van der Waals surface area contributed by atoms with Gasteiger partial charge in [0.05, 0.1) is 22.9 Å². The molecule has 1 aromatic carbocycles. The topological polar surface area (TPSA) is 89.9 Å². The molecule has 0 unspecified atom stereocenters. The second-order valence-corrected chi connectivity index (χ2v) is 8.49. The number of hydrogen-bond acceptors (Lipinski definition) is 7. The molecule has 0 aliphatic heterocycles. The maximum Gasteiger partial charge on any atom is 0.249 e. The van der Waals surface area contributed by atoms with E-state index < -0.39 is 0 Å². The monoisotopic (exact) mass is 432 g/mol. The number of benzene rings is 1. The summed E-state index contributed by atoms with van der Waals surface area (Å²) >= 11 is 7.59. The number of rotatable bonds is 8. The van der Waals surface area contributed by atoms with E-state index in [2.05, 4.69) is 34.2 Å². The summed E-state index contributed by atoms with van der Waals surface area (Å²) in [5.74, 6) is 1.06. The normalized spacial score (nSPS) is 13.8. The predicted octanol–water partition coefficient (Wildman–Crippen LogP) is 3.85. The highest BCUT2D eigenvalue weighted by Gasteiger charge is 2.34. The average Bonchev–Trinajstić information content (AvgIpc) is 3.24. The van der Waals surface area contributed by atoms with Gasteiger partial charge in [-0.25, -0.2) is 0 Å². The number of nitrogens with zero attached hydrogens (tertiary/aromatic N) is 6. The minimum Gasteiger partial charge on any atom is -0.419 e. The van der Waals surface area contributed by atoms with Crippen LogP contribution in [0, 0.1) is 0 Å². The highest BCUT2D eigenvalue weighted by molar-refractivity contribution is 7.99. The zero-order valence-corrected chi connectivity index (χ0v) is 17.7. The van der Waals surface area contributed by atoms with Gasteiger partial charge in [-0.15, -0.1) is 20.4 Å². The Balaban J connectivity index is 1.43. The maximum absolute atomic E-state index is 12.9. The van der Waals surface area contributed by atoms with Gasteiger partial charge in [0.25, 0.3) is 0 Å². The lowest BCUT2D eigenvalue weighted by atomic mass is 10.2. The number of carbonyl (C=O) groups is 1. The van der Waals surface area contributed by atoms with Gasteiger partial charge in [0.2, 0.25) is 17.7 Å². The van der Waals surface area contributed by atoms with Gasteiger partial charge < -0.3 is 13.9 Å². The molecule has 0 bridgehead atoms. The molecule has 8 nitrogen and oxygen atoms in total. The van der Waals surface area contributed by atoms with Crippen molar-refractivity contribution < 1.29 is 9.21 Å². The van der Waals surface area contributed by atoms with Crippen molar-refractivity contribution in [2.75, 3.05) is 5.75 Å². The van der Waals surface area contributed by atoms with Gasteiger partial charge in [-0.3, -0.25) is 4.79 Å². The molecule has 29 heavy (non-hydrogen) atoms. The van der Waals surface area contributed by atoms with Crippen LogP contribution in [0.15, 0.2) is 40.2 Å². The lowest BCUT2D eigenvalue weighted by Crippen LogP contribution is -2.34. The van der Waals surface area contributed by atoms with Gasteiger partial charge in [-0.1, -0.05) is 35.5 Å². The van der Waals surface area contributed by atoms with E-state index in [-0.39, 0.29) is 23.7 Å².